The summed E-state index contributed by atoms with van der Waals surface area (Å²) in [4.78, 5) is 6.57. The normalized spacial score (nSPS) is 10.9. The minimum absolute atomic E-state index is 0.222. The molecule has 0 aliphatic rings. The molecule has 116 valence electrons. The van der Waals surface area contributed by atoms with Crippen molar-refractivity contribution in [3.05, 3.63) is 90.0 Å². The third-order valence-electron chi connectivity index (χ3n) is 3.72. The fourth-order valence-corrected chi connectivity index (χ4v) is 2.64. The van der Waals surface area contributed by atoms with Crippen LogP contribution in [-0.2, 0) is 13.1 Å². The van der Waals surface area contributed by atoms with Crippen molar-refractivity contribution in [2.45, 2.75) is 13.1 Å². The highest BCUT2D eigenvalue weighted by molar-refractivity contribution is 5.62. The predicted octanol–water partition coefficient (Wildman–Crippen LogP) is 4.52. The highest BCUT2D eigenvalue weighted by Gasteiger charge is 2.05. The molecule has 0 atom stereocenters. The average Bonchev–Trinajstić information content (AvgIpc) is 2.56. The molecule has 0 spiro atoms. The van der Waals surface area contributed by atoms with E-state index in [1.165, 1.54) is 17.7 Å². The van der Waals surface area contributed by atoms with Crippen LogP contribution in [0.1, 0.15) is 11.1 Å². The molecule has 0 fully saturated rings. The Morgan fingerprint density at radius 2 is 1.52 bits per heavy atom. The van der Waals surface area contributed by atoms with Crippen molar-refractivity contribution in [1.29, 1.82) is 0 Å². The van der Waals surface area contributed by atoms with Crippen LogP contribution in [0, 0.1) is 5.82 Å². The second-order valence-corrected chi connectivity index (χ2v) is 5.75. The van der Waals surface area contributed by atoms with Crippen molar-refractivity contribution >= 4 is 0 Å². The Morgan fingerprint density at radius 3 is 2.26 bits per heavy atom. The van der Waals surface area contributed by atoms with E-state index in [1.54, 1.807) is 12.1 Å². The highest BCUT2D eigenvalue weighted by atomic mass is 19.1. The van der Waals surface area contributed by atoms with Crippen molar-refractivity contribution < 1.29 is 4.39 Å². The number of nitrogens with zero attached hydrogens (tertiary/aromatic N) is 2. The number of hydrogen-bond acceptors (Lipinski definition) is 2. The summed E-state index contributed by atoms with van der Waals surface area (Å²) in [5.74, 6) is -0.222. The van der Waals surface area contributed by atoms with Crippen LogP contribution in [0.5, 0.6) is 0 Å². The first-order chi connectivity index (χ1) is 11.2. The van der Waals surface area contributed by atoms with Gasteiger partial charge in [0.05, 0.1) is 0 Å². The second kappa shape index (κ2) is 7.16. The van der Waals surface area contributed by atoms with E-state index in [4.69, 9.17) is 0 Å². The van der Waals surface area contributed by atoms with E-state index in [2.05, 4.69) is 47.3 Å². The third kappa shape index (κ3) is 4.24. The van der Waals surface area contributed by atoms with Gasteiger partial charge in [0, 0.05) is 31.0 Å². The number of pyridine rings is 1. The molecule has 23 heavy (non-hydrogen) atoms. The Bertz CT molecular complexity index is 754. The molecule has 0 saturated carbocycles. The van der Waals surface area contributed by atoms with Gasteiger partial charge in [-0.25, -0.2) is 4.39 Å². The number of hydrogen-bond donors (Lipinski definition) is 0. The lowest BCUT2D eigenvalue weighted by Crippen LogP contribution is -2.17. The number of rotatable bonds is 5. The van der Waals surface area contributed by atoms with Crippen LogP contribution in [0.4, 0.5) is 4.39 Å². The molecule has 0 radical (unpaired) electrons. The summed E-state index contributed by atoms with van der Waals surface area (Å²) < 4.78 is 13.0. The lowest BCUT2D eigenvalue weighted by Gasteiger charge is -2.17. The van der Waals surface area contributed by atoms with Crippen molar-refractivity contribution in [2.75, 3.05) is 7.05 Å². The fraction of sp³-hybridized carbons (Fsp3) is 0.150. The molecule has 3 rings (SSSR count). The van der Waals surface area contributed by atoms with Crippen LogP contribution < -0.4 is 0 Å². The van der Waals surface area contributed by atoms with Crippen molar-refractivity contribution in [1.82, 2.24) is 9.88 Å². The lowest BCUT2D eigenvalue weighted by atomic mass is 10.1. The molecule has 0 amide bonds. The summed E-state index contributed by atoms with van der Waals surface area (Å²) >= 11 is 0. The highest BCUT2D eigenvalue weighted by Crippen LogP contribution is 2.20. The van der Waals surface area contributed by atoms with Crippen LogP contribution in [0.2, 0.25) is 0 Å². The Balaban J connectivity index is 1.71. The van der Waals surface area contributed by atoms with Crippen molar-refractivity contribution in [2.24, 2.45) is 0 Å². The minimum atomic E-state index is -0.222. The van der Waals surface area contributed by atoms with E-state index in [9.17, 15) is 4.39 Å². The van der Waals surface area contributed by atoms with Crippen LogP contribution >= 0.6 is 0 Å². The number of halogens is 1. The first kappa shape index (κ1) is 15.4. The largest absolute Gasteiger partial charge is 0.298 e. The molecular weight excluding hydrogens is 287 g/mol. The van der Waals surface area contributed by atoms with Gasteiger partial charge in [-0.1, -0.05) is 42.5 Å². The van der Waals surface area contributed by atoms with E-state index in [1.807, 2.05) is 18.5 Å². The van der Waals surface area contributed by atoms with E-state index in [0.29, 0.717) is 0 Å². The smallest absolute Gasteiger partial charge is 0.123 e. The average molecular weight is 306 g/mol. The van der Waals surface area contributed by atoms with Gasteiger partial charge in [0.1, 0.15) is 5.82 Å². The molecule has 0 N–H and O–H groups in total. The third-order valence-corrected chi connectivity index (χ3v) is 3.72. The van der Waals surface area contributed by atoms with Gasteiger partial charge >= 0.3 is 0 Å². The summed E-state index contributed by atoms with van der Waals surface area (Å²) in [6, 6.07) is 19.0. The van der Waals surface area contributed by atoms with E-state index in [0.717, 1.165) is 29.8 Å². The predicted molar refractivity (Wildman–Crippen MR) is 91.2 cm³/mol. The van der Waals surface area contributed by atoms with Crippen molar-refractivity contribution in [3.8, 4) is 11.1 Å². The van der Waals surface area contributed by atoms with Gasteiger partial charge in [-0.05, 0) is 41.9 Å². The SMILES string of the molecule is CN(Cc1ccccc1)Cc1cncc(-c2ccc(F)cc2)c1. The monoisotopic (exact) mass is 306 g/mol. The van der Waals surface area contributed by atoms with Crippen LogP contribution in [-0.4, -0.2) is 16.9 Å². The first-order valence-electron chi connectivity index (χ1n) is 7.63. The van der Waals surface area contributed by atoms with Gasteiger partial charge in [0.15, 0.2) is 0 Å². The zero-order valence-corrected chi connectivity index (χ0v) is 13.1. The quantitative estimate of drug-likeness (QED) is 0.689. The molecule has 0 saturated heterocycles. The van der Waals surface area contributed by atoms with Gasteiger partial charge in [0.2, 0.25) is 0 Å². The van der Waals surface area contributed by atoms with Gasteiger partial charge in [-0.3, -0.25) is 9.88 Å². The summed E-state index contributed by atoms with van der Waals surface area (Å²) in [5, 5.41) is 0. The maximum atomic E-state index is 13.0. The molecule has 3 heteroatoms. The Kier molecular flexibility index (Phi) is 4.79. The molecule has 0 aliphatic carbocycles. The molecule has 0 unspecified atom stereocenters. The molecule has 1 aromatic heterocycles. The summed E-state index contributed by atoms with van der Waals surface area (Å²) in [6.07, 6.45) is 3.70. The molecule has 0 aliphatic heterocycles. The van der Waals surface area contributed by atoms with Crippen molar-refractivity contribution in [3.63, 3.8) is 0 Å². The standard InChI is InChI=1S/C20H19FN2/c1-23(14-16-5-3-2-4-6-16)15-17-11-19(13-22-12-17)18-7-9-20(21)10-8-18/h2-13H,14-15H2,1H3. The fourth-order valence-electron chi connectivity index (χ4n) is 2.64. The lowest BCUT2D eigenvalue weighted by molar-refractivity contribution is 0.319. The molecule has 2 aromatic carbocycles. The molecule has 3 aromatic rings. The van der Waals surface area contributed by atoms with Crippen LogP contribution in [0.25, 0.3) is 11.1 Å². The van der Waals surface area contributed by atoms with E-state index in [-0.39, 0.29) is 5.82 Å². The summed E-state index contributed by atoms with van der Waals surface area (Å²) in [5.41, 5.74) is 4.42. The molecule has 2 nitrogen and oxygen atoms in total. The van der Waals surface area contributed by atoms with Crippen LogP contribution in [0.15, 0.2) is 73.1 Å². The maximum absolute atomic E-state index is 13.0. The molecular formula is C20H19FN2. The zero-order chi connectivity index (χ0) is 16.1. The number of benzene rings is 2. The topological polar surface area (TPSA) is 16.1 Å². The zero-order valence-electron chi connectivity index (χ0n) is 13.1. The summed E-state index contributed by atoms with van der Waals surface area (Å²) in [7, 11) is 2.09. The van der Waals surface area contributed by atoms with Gasteiger partial charge < -0.3 is 0 Å². The molecule has 1 heterocycles. The number of aromatic nitrogens is 1. The van der Waals surface area contributed by atoms with E-state index >= 15 is 0 Å². The Morgan fingerprint density at radius 1 is 0.826 bits per heavy atom. The summed E-state index contributed by atoms with van der Waals surface area (Å²) in [6.45, 7) is 1.71. The van der Waals surface area contributed by atoms with Gasteiger partial charge in [-0.15, -0.1) is 0 Å². The van der Waals surface area contributed by atoms with E-state index < -0.39 is 0 Å². The van der Waals surface area contributed by atoms with Gasteiger partial charge in [-0.2, -0.15) is 0 Å². The first-order valence-corrected chi connectivity index (χ1v) is 7.63. The second-order valence-electron chi connectivity index (χ2n) is 5.75. The van der Waals surface area contributed by atoms with Crippen LogP contribution in [0.3, 0.4) is 0 Å². The van der Waals surface area contributed by atoms with Gasteiger partial charge in [0.25, 0.3) is 0 Å². The Labute approximate surface area is 136 Å². The molecule has 0 bridgehead atoms. The Hall–Kier alpha value is -2.52. The minimum Gasteiger partial charge on any atom is -0.298 e. The maximum Gasteiger partial charge on any atom is 0.123 e.